The zero-order valence-electron chi connectivity index (χ0n) is 27.7. The number of carbonyl (C=O) groups is 1. The summed E-state index contributed by atoms with van der Waals surface area (Å²) in [5, 5.41) is 7.79. The van der Waals surface area contributed by atoms with Crippen molar-refractivity contribution in [3.8, 4) is 39.8 Å². The Kier molecular flexibility index (Phi) is 8.14. The topological polar surface area (TPSA) is 125 Å². The Morgan fingerprint density at radius 2 is 1.73 bits per heavy atom. The molecule has 0 atom stereocenters. The zero-order valence-corrected chi connectivity index (χ0v) is 27.7. The number of nitrogens with zero attached hydrogens (tertiary/aromatic N) is 7. The van der Waals surface area contributed by atoms with Crippen LogP contribution in [0.1, 0.15) is 21.5 Å². The highest BCUT2D eigenvalue weighted by atomic mass is 16.5. The van der Waals surface area contributed by atoms with Crippen molar-refractivity contribution in [1.29, 1.82) is 0 Å². The van der Waals surface area contributed by atoms with Crippen molar-refractivity contribution in [3.05, 3.63) is 125 Å². The molecule has 246 valence electrons. The number of fused-ring (bicyclic) bond motifs is 1. The van der Waals surface area contributed by atoms with Crippen LogP contribution >= 0.6 is 0 Å². The summed E-state index contributed by atoms with van der Waals surface area (Å²) in [7, 11) is 7.63. The molecule has 0 spiro atoms. The maximum atomic E-state index is 13.2. The second-order valence-corrected chi connectivity index (χ2v) is 12.2. The Balaban J connectivity index is 1.18. The van der Waals surface area contributed by atoms with Crippen LogP contribution in [0.25, 0.3) is 39.2 Å². The highest BCUT2D eigenvalue weighted by molar-refractivity contribution is 6.04. The Labute approximate surface area is 281 Å². The van der Waals surface area contributed by atoms with Crippen LogP contribution in [0.4, 0.5) is 5.69 Å². The van der Waals surface area contributed by atoms with Gasteiger partial charge in [0.1, 0.15) is 28.8 Å². The SMILES string of the molecule is Cc1ccc(-n2c(=O)c(C(=O)Nc3ccc(Oc4ncnc5oc(-c6cnn(C)c6)c(-c6cccc(CN(C)C)c6)c45)cc3)cn2C)cc1. The first-order valence-electron chi connectivity index (χ1n) is 15.6. The summed E-state index contributed by atoms with van der Waals surface area (Å²) in [6, 6.07) is 22.6. The highest BCUT2D eigenvalue weighted by Gasteiger charge is 2.25. The molecular formula is C37H34N8O4. The lowest BCUT2D eigenvalue weighted by molar-refractivity contribution is 0.102. The fraction of sp³-hybridized carbons (Fsp3) is 0.162. The molecule has 7 rings (SSSR count). The molecule has 0 unspecified atom stereocenters. The van der Waals surface area contributed by atoms with Gasteiger partial charge in [-0.1, -0.05) is 35.9 Å². The number of amides is 1. The lowest BCUT2D eigenvalue weighted by atomic mass is 9.99. The van der Waals surface area contributed by atoms with E-state index in [1.54, 1.807) is 46.9 Å². The summed E-state index contributed by atoms with van der Waals surface area (Å²) in [4.78, 5) is 37.4. The van der Waals surface area contributed by atoms with E-state index < -0.39 is 11.5 Å². The summed E-state index contributed by atoms with van der Waals surface area (Å²) in [6.45, 7) is 2.74. The summed E-state index contributed by atoms with van der Waals surface area (Å²) in [5.74, 6) is 0.890. The third-order valence-corrected chi connectivity index (χ3v) is 8.04. The molecule has 0 saturated carbocycles. The lowest BCUT2D eigenvalue weighted by Gasteiger charge is -2.12. The van der Waals surface area contributed by atoms with E-state index in [0.29, 0.717) is 39.9 Å². The van der Waals surface area contributed by atoms with E-state index in [1.807, 2.05) is 70.7 Å². The fourth-order valence-electron chi connectivity index (χ4n) is 5.81. The fourth-order valence-corrected chi connectivity index (χ4v) is 5.81. The molecule has 12 nitrogen and oxygen atoms in total. The third-order valence-electron chi connectivity index (χ3n) is 8.04. The van der Waals surface area contributed by atoms with Gasteiger partial charge in [-0.3, -0.25) is 19.0 Å². The first-order valence-corrected chi connectivity index (χ1v) is 15.6. The molecule has 4 heterocycles. The van der Waals surface area contributed by atoms with E-state index in [1.165, 1.54) is 17.2 Å². The molecule has 1 N–H and O–H groups in total. The molecule has 4 aromatic heterocycles. The zero-order chi connectivity index (χ0) is 34.2. The van der Waals surface area contributed by atoms with Gasteiger partial charge in [-0.2, -0.15) is 5.10 Å². The smallest absolute Gasteiger partial charge is 0.284 e. The first kappa shape index (κ1) is 31.3. The van der Waals surface area contributed by atoms with E-state index in [9.17, 15) is 9.59 Å². The summed E-state index contributed by atoms with van der Waals surface area (Å²) < 4.78 is 17.4. The number of aryl methyl sites for hydroxylation is 3. The predicted octanol–water partition coefficient (Wildman–Crippen LogP) is 6.19. The van der Waals surface area contributed by atoms with Gasteiger partial charge in [0.25, 0.3) is 11.5 Å². The summed E-state index contributed by atoms with van der Waals surface area (Å²) in [5.41, 5.74) is 5.88. The maximum Gasteiger partial charge on any atom is 0.284 e. The molecule has 0 bridgehead atoms. The van der Waals surface area contributed by atoms with E-state index in [4.69, 9.17) is 9.15 Å². The van der Waals surface area contributed by atoms with Crippen LogP contribution in [0.2, 0.25) is 0 Å². The van der Waals surface area contributed by atoms with Crippen molar-refractivity contribution in [2.24, 2.45) is 14.1 Å². The van der Waals surface area contributed by atoms with Crippen LogP contribution in [0.5, 0.6) is 11.6 Å². The number of ether oxygens (including phenoxy) is 1. The molecule has 0 aliphatic heterocycles. The Morgan fingerprint density at radius 3 is 2.45 bits per heavy atom. The number of hydrogen-bond acceptors (Lipinski definition) is 8. The van der Waals surface area contributed by atoms with Crippen molar-refractivity contribution < 1.29 is 13.9 Å². The van der Waals surface area contributed by atoms with Crippen LogP contribution < -0.4 is 15.6 Å². The van der Waals surface area contributed by atoms with Gasteiger partial charge in [0.2, 0.25) is 11.6 Å². The summed E-state index contributed by atoms with van der Waals surface area (Å²) >= 11 is 0. The van der Waals surface area contributed by atoms with E-state index in [-0.39, 0.29) is 5.56 Å². The van der Waals surface area contributed by atoms with Crippen LogP contribution in [0.15, 0.2) is 107 Å². The first-order chi connectivity index (χ1) is 23.6. The van der Waals surface area contributed by atoms with Crippen LogP contribution in [0.3, 0.4) is 0 Å². The van der Waals surface area contributed by atoms with Crippen molar-refractivity contribution in [2.45, 2.75) is 13.5 Å². The lowest BCUT2D eigenvalue weighted by Crippen LogP contribution is -2.25. The average molecular weight is 655 g/mol. The number of benzene rings is 3. The molecule has 0 aliphatic carbocycles. The van der Waals surface area contributed by atoms with Gasteiger partial charge in [-0.25, -0.2) is 14.6 Å². The molecule has 3 aromatic carbocycles. The van der Waals surface area contributed by atoms with E-state index in [0.717, 1.165) is 34.4 Å². The van der Waals surface area contributed by atoms with Crippen LogP contribution in [0, 0.1) is 6.92 Å². The van der Waals surface area contributed by atoms with Gasteiger partial charge in [-0.15, -0.1) is 0 Å². The molecule has 49 heavy (non-hydrogen) atoms. The quantitative estimate of drug-likeness (QED) is 0.195. The van der Waals surface area contributed by atoms with E-state index in [2.05, 4.69) is 37.4 Å². The van der Waals surface area contributed by atoms with Gasteiger partial charge in [0.05, 0.1) is 17.4 Å². The van der Waals surface area contributed by atoms with E-state index >= 15 is 0 Å². The maximum absolute atomic E-state index is 13.2. The van der Waals surface area contributed by atoms with Crippen LogP contribution in [-0.4, -0.2) is 54.0 Å². The molecule has 0 fully saturated rings. The second-order valence-electron chi connectivity index (χ2n) is 12.2. The third kappa shape index (κ3) is 6.24. The van der Waals surface area contributed by atoms with Crippen molar-refractivity contribution in [3.63, 3.8) is 0 Å². The van der Waals surface area contributed by atoms with Gasteiger partial charge in [0, 0.05) is 44.3 Å². The van der Waals surface area contributed by atoms with Gasteiger partial charge in [0.15, 0.2) is 0 Å². The van der Waals surface area contributed by atoms with Gasteiger partial charge in [-0.05, 0) is 74.6 Å². The Hall–Kier alpha value is -6.27. The highest BCUT2D eigenvalue weighted by Crippen LogP contribution is 2.44. The van der Waals surface area contributed by atoms with Gasteiger partial charge < -0.3 is 19.4 Å². The minimum absolute atomic E-state index is 0.0262. The largest absolute Gasteiger partial charge is 0.438 e. The van der Waals surface area contributed by atoms with Crippen molar-refractivity contribution >= 4 is 22.7 Å². The second kappa shape index (κ2) is 12.7. The van der Waals surface area contributed by atoms with Crippen molar-refractivity contribution in [2.75, 3.05) is 19.4 Å². The van der Waals surface area contributed by atoms with Crippen LogP contribution in [-0.2, 0) is 20.6 Å². The number of hydrogen-bond donors (Lipinski definition) is 1. The number of rotatable bonds is 9. The normalized spacial score (nSPS) is 11.4. The van der Waals surface area contributed by atoms with Crippen molar-refractivity contribution in [1.82, 2.24) is 34.0 Å². The minimum atomic E-state index is -0.514. The summed E-state index contributed by atoms with van der Waals surface area (Å²) in [6.07, 6.45) is 6.56. The number of aromatic nitrogens is 6. The minimum Gasteiger partial charge on any atom is -0.438 e. The number of nitrogens with one attached hydrogen (secondary N) is 1. The Bertz CT molecular complexity index is 2360. The number of carbonyl (C=O) groups excluding carboxylic acids is 1. The standard InChI is InChI=1S/C37H34N8O4/c1-23-9-13-28(14-10-23)45-37(47)30(21-44(45)5)34(46)41-27-11-15-29(16-12-27)48-35-32-31(25-8-6-7-24(17-25)19-42(2)3)33(26-18-40-43(4)20-26)49-36(32)39-22-38-35/h6-18,20-22H,19H2,1-5H3,(H,41,46). The number of anilines is 1. The molecule has 0 radical (unpaired) electrons. The molecular weight excluding hydrogens is 620 g/mol. The molecule has 1 amide bonds. The molecule has 7 aromatic rings. The molecule has 0 aliphatic rings. The molecule has 0 saturated heterocycles. The Morgan fingerprint density at radius 1 is 0.959 bits per heavy atom. The predicted molar refractivity (Wildman–Crippen MR) is 187 cm³/mol. The monoisotopic (exact) mass is 654 g/mol. The average Bonchev–Trinajstić information content (AvgIpc) is 3.77. The number of furan rings is 1. The molecule has 12 heteroatoms. The van der Waals surface area contributed by atoms with Gasteiger partial charge >= 0.3 is 0 Å².